The summed E-state index contributed by atoms with van der Waals surface area (Å²) in [6.45, 7) is 3.91. The Labute approximate surface area is 167 Å². The Kier molecular flexibility index (Phi) is 4.54. The maximum Gasteiger partial charge on any atom is 0.327 e. The number of carboxylic acid groups (broad SMARTS) is 1. The number of allylic oxidation sites excluding steroid dienone is 1. The molecule has 1 aliphatic heterocycles. The number of fused-ring (bicyclic) bond motifs is 2. The normalized spacial score (nSPS) is 14.2. The molecule has 0 aliphatic carbocycles. The first-order chi connectivity index (χ1) is 13.9. The van der Waals surface area contributed by atoms with E-state index in [9.17, 15) is 19.5 Å². The highest BCUT2D eigenvalue weighted by Gasteiger charge is 2.43. The first-order valence-corrected chi connectivity index (χ1v) is 9.32. The number of aromatic nitrogens is 1. The number of nitrogens with one attached hydrogen (secondary N) is 1. The van der Waals surface area contributed by atoms with Gasteiger partial charge in [0.05, 0.1) is 11.1 Å². The van der Waals surface area contributed by atoms with Gasteiger partial charge in [-0.15, -0.1) is 0 Å². The molecule has 6 nitrogen and oxygen atoms in total. The van der Waals surface area contributed by atoms with Crippen LogP contribution in [0.2, 0.25) is 0 Å². The number of benzene rings is 2. The van der Waals surface area contributed by atoms with Gasteiger partial charge in [0.2, 0.25) is 0 Å². The molecule has 1 aliphatic rings. The van der Waals surface area contributed by atoms with E-state index in [1.165, 1.54) is 0 Å². The molecule has 6 heteroatoms. The van der Waals surface area contributed by atoms with Crippen LogP contribution in [-0.2, 0) is 11.2 Å². The fourth-order valence-corrected chi connectivity index (χ4v) is 3.83. The van der Waals surface area contributed by atoms with Crippen molar-refractivity contribution in [2.75, 3.05) is 0 Å². The minimum atomic E-state index is -1.30. The average Bonchev–Trinajstić information content (AvgIpc) is 3.15. The van der Waals surface area contributed by atoms with Crippen molar-refractivity contribution in [3.05, 3.63) is 76.5 Å². The molecule has 0 spiro atoms. The molecule has 4 rings (SSSR count). The standard InChI is InChI=1S/C23H20N2O4/c1-13(2)11-19-17(14-7-5-6-10-18(14)24-19)12-20(23(28)29)25-21(26)15-8-3-4-9-16(15)22(25)27/h3-11,20,24H,12H2,1-2H3,(H,28,29). The predicted octanol–water partition coefficient (Wildman–Crippen LogP) is 3.88. The minimum Gasteiger partial charge on any atom is -0.480 e. The number of nitrogens with zero attached hydrogens (tertiary/aromatic N) is 1. The SMILES string of the molecule is CC(C)=Cc1[nH]c2ccccc2c1CC(C(=O)O)N1C(=O)c2ccccc2C1=O. The lowest BCUT2D eigenvalue weighted by atomic mass is 10.00. The number of amides is 2. The summed E-state index contributed by atoms with van der Waals surface area (Å²) in [6, 6.07) is 12.7. The van der Waals surface area contributed by atoms with Crippen LogP contribution in [0.15, 0.2) is 54.1 Å². The van der Waals surface area contributed by atoms with Crippen LogP contribution in [0.5, 0.6) is 0 Å². The van der Waals surface area contributed by atoms with Crippen molar-refractivity contribution in [2.45, 2.75) is 26.3 Å². The molecule has 29 heavy (non-hydrogen) atoms. The van der Waals surface area contributed by atoms with Gasteiger partial charge in [-0.25, -0.2) is 4.79 Å². The van der Waals surface area contributed by atoms with E-state index in [1.54, 1.807) is 24.3 Å². The molecule has 3 aromatic rings. The fourth-order valence-electron chi connectivity index (χ4n) is 3.83. The van der Waals surface area contributed by atoms with Gasteiger partial charge < -0.3 is 10.1 Å². The fraction of sp³-hybridized carbons (Fsp3) is 0.174. The Morgan fingerprint density at radius 1 is 1.03 bits per heavy atom. The van der Waals surface area contributed by atoms with Gasteiger partial charge in [0.1, 0.15) is 6.04 Å². The maximum absolute atomic E-state index is 12.8. The van der Waals surface area contributed by atoms with Crippen molar-refractivity contribution in [3.8, 4) is 0 Å². The number of imide groups is 1. The van der Waals surface area contributed by atoms with E-state index in [4.69, 9.17) is 0 Å². The number of H-pyrrole nitrogens is 1. The minimum absolute atomic E-state index is 0.0178. The maximum atomic E-state index is 12.8. The lowest BCUT2D eigenvalue weighted by Crippen LogP contribution is -2.46. The van der Waals surface area contributed by atoms with E-state index in [2.05, 4.69) is 4.98 Å². The van der Waals surface area contributed by atoms with E-state index in [0.717, 1.165) is 32.6 Å². The van der Waals surface area contributed by atoms with Crippen LogP contribution in [0.3, 0.4) is 0 Å². The van der Waals surface area contributed by atoms with Crippen molar-refractivity contribution in [1.29, 1.82) is 0 Å². The van der Waals surface area contributed by atoms with Gasteiger partial charge in [-0.05, 0) is 43.7 Å². The van der Waals surface area contributed by atoms with Gasteiger partial charge in [-0.1, -0.05) is 35.9 Å². The molecule has 0 radical (unpaired) electrons. The number of aromatic amines is 1. The molecule has 0 fully saturated rings. The second kappa shape index (κ2) is 7.05. The zero-order chi connectivity index (χ0) is 20.7. The molecule has 0 saturated carbocycles. The topological polar surface area (TPSA) is 90.5 Å². The first-order valence-electron chi connectivity index (χ1n) is 9.32. The van der Waals surface area contributed by atoms with E-state index in [-0.39, 0.29) is 17.5 Å². The monoisotopic (exact) mass is 388 g/mol. The van der Waals surface area contributed by atoms with Crippen molar-refractivity contribution in [3.63, 3.8) is 0 Å². The molecule has 146 valence electrons. The molecular weight excluding hydrogens is 368 g/mol. The third kappa shape index (κ3) is 3.12. The average molecular weight is 388 g/mol. The van der Waals surface area contributed by atoms with Gasteiger partial charge in [0.25, 0.3) is 11.8 Å². The summed E-state index contributed by atoms with van der Waals surface area (Å²) >= 11 is 0. The van der Waals surface area contributed by atoms with Gasteiger partial charge >= 0.3 is 5.97 Å². The third-order valence-corrected chi connectivity index (χ3v) is 5.10. The zero-order valence-corrected chi connectivity index (χ0v) is 16.1. The Morgan fingerprint density at radius 3 is 2.21 bits per heavy atom. The molecule has 0 saturated heterocycles. The lowest BCUT2D eigenvalue weighted by molar-refractivity contribution is -0.141. The van der Waals surface area contributed by atoms with Crippen LogP contribution in [0.1, 0.15) is 45.8 Å². The summed E-state index contributed by atoms with van der Waals surface area (Å²) in [5.74, 6) is -2.35. The van der Waals surface area contributed by atoms with E-state index in [0.29, 0.717) is 0 Å². The highest BCUT2D eigenvalue weighted by atomic mass is 16.4. The number of para-hydroxylation sites is 1. The Bertz CT molecular complexity index is 1150. The van der Waals surface area contributed by atoms with Crippen LogP contribution < -0.4 is 0 Å². The van der Waals surface area contributed by atoms with Gasteiger partial charge in [-0.2, -0.15) is 0 Å². The van der Waals surface area contributed by atoms with Crippen molar-refractivity contribution >= 4 is 34.8 Å². The molecule has 1 atom stereocenters. The van der Waals surface area contributed by atoms with Gasteiger partial charge in [0.15, 0.2) is 0 Å². The number of rotatable bonds is 5. The number of hydrogen-bond donors (Lipinski definition) is 2. The summed E-state index contributed by atoms with van der Waals surface area (Å²) in [5.41, 5.74) is 3.96. The van der Waals surface area contributed by atoms with Gasteiger partial charge in [0, 0.05) is 23.0 Å². The second-order valence-corrected chi connectivity index (χ2v) is 7.37. The van der Waals surface area contributed by atoms with E-state index in [1.807, 2.05) is 44.2 Å². The predicted molar refractivity (Wildman–Crippen MR) is 110 cm³/mol. The van der Waals surface area contributed by atoms with Crippen LogP contribution in [0.25, 0.3) is 17.0 Å². The molecular formula is C23H20N2O4. The Hall–Kier alpha value is -3.67. The van der Waals surface area contributed by atoms with E-state index < -0.39 is 23.8 Å². The largest absolute Gasteiger partial charge is 0.480 e. The summed E-state index contributed by atoms with van der Waals surface area (Å²) in [6.07, 6.45) is 1.96. The zero-order valence-electron chi connectivity index (χ0n) is 16.1. The highest BCUT2D eigenvalue weighted by Crippen LogP contribution is 2.30. The second-order valence-electron chi connectivity index (χ2n) is 7.37. The summed E-state index contributed by atoms with van der Waals surface area (Å²) in [4.78, 5) is 42.0. The van der Waals surface area contributed by atoms with Crippen LogP contribution in [0.4, 0.5) is 0 Å². The van der Waals surface area contributed by atoms with Crippen LogP contribution in [0, 0.1) is 0 Å². The number of aliphatic carboxylic acids is 1. The smallest absolute Gasteiger partial charge is 0.327 e. The number of carbonyl (C=O) groups excluding carboxylic acids is 2. The molecule has 2 N–H and O–H groups in total. The summed E-state index contributed by atoms with van der Waals surface area (Å²) < 4.78 is 0. The number of carboxylic acids is 1. The number of hydrogen-bond acceptors (Lipinski definition) is 3. The Balaban J connectivity index is 1.80. The number of carbonyl (C=O) groups is 3. The molecule has 0 bridgehead atoms. The molecule has 2 amide bonds. The Morgan fingerprint density at radius 2 is 1.62 bits per heavy atom. The summed E-state index contributed by atoms with van der Waals surface area (Å²) in [7, 11) is 0. The van der Waals surface area contributed by atoms with Crippen LogP contribution >= 0.6 is 0 Å². The molecule has 1 aromatic heterocycles. The molecule has 2 heterocycles. The van der Waals surface area contributed by atoms with Crippen LogP contribution in [-0.4, -0.2) is 38.8 Å². The molecule has 1 unspecified atom stereocenters. The molecule has 2 aromatic carbocycles. The summed E-state index contributed by atoms with van der Waals surface area (Å²) in [5, 5.41) is 10.8. The quantitative estimate of drug-likeness (QED) is 0.649. The lowest BCUT2D eigenvalue weighted by Gasteiger charge is -2.22. The highest BCUT2D eigenvalue weighted by molar-refractivity contribution is 6.22. The third-order valence-electron chi connectivity index (χ3n) is 5.10. The van der Waals surface area contributed by atoms with Crippen molar-refractivity contribution < 1.29 is 19.5 Å². The van der Waals surface area contributed by atoms with E-state index >= 15 is 0 Å². The first kappa shape index (κ1) is 18.7. The van der Waals surface area contributed by atoms with Crippen molar-refractivity contribution in [2.24, 2.45) is 0 Å². The van der Waals surface area contributed by atoms with Crippen molar-refractivity contribution in [1.82, 2.24) is 9.88 Å². The van der Waals surface area contributed by atoms with Gasteiger partial charge in [-0.3, -0.25) is 14.5 Å².